The summed E-state index contributed by atoms with van der Waals surface area (Å²) in [7, 11) is 0. The predicted molar refractivity (Wildman–Crippen MR) is 231 cm³/mol. The Hall–Kier alpha value is -5.54. The fraction of sp³-hybridized carbons (Fsp3) is 0.756. The van der Waals surface area contributed by atoms with Gasteiger partial charge in [0.1, 0.15) is 42.3 Å². The van der Waals surface area contributed by atoms with Crippen LogP contribution < -0.4 is 43.8 Å². The lowest BCUT2D eigenvalue weighted by Gasteiger charge is -2.31. The second kappa shape index (κ2) is 25.5. The van der Waals surface area contributed by atoms with Crippen LogP contribution in [-0.2, 0) is 43.2 Å². The Labute approximate surface area is 369 Å². The maximum atomic E-state index is 14.1. The van der Waals surface area contributed by atoms with Gasteiger partial charge in [0.25, 0.3) is 0 Å². The van der Waals surface area contributed by atoms with E-state index in [9.17, 15) is 53.4 Å². The summed E-state index contributed by atoms with van der Waals surface area (Å²) in [6.07, 6.45) is 1.19. The van der Waals surface area contributed by atoms with Gasteiger partial charge in [0.15, 0.2) is 5.96 Å². The molecule has 8 atom stereocenters. The number of hydrogen-bond donors (Lipinski definition) is 10. The topological polar surface area (TPSA) is 351 Å². The van der Waals surface area contributed by atoms with Gasteiger partial charge in [0, 0.05) is 26.1 Å². The van der Waals surface area contributed by atoms with E-state index in [1.54, 1.807) is 27.7 Å². The van der Waals surface area contributed by atoms with Gasteiger partial charge < -0.3 is 63.8 Å². The summed E-state index contributed by atoms with van der Waals surface area (Å²) < 4.78 is 0. The summed E-state index contributed by atoms with van der Waals surface area (Å²) in [5.74, 6) is -8.27. The monoisotopic (exact) mass is 894 g/mol. The molecule has 2 rings (SSSR count). The van der Waals surface area contributed by atoms with Gasteiger partial charge in [-0.05, 0) is 82.5 Å². The molecule has 7 amide bonds. The fourth-order valence-electron chi connectivity index (χ4n) is 7.62. The molecule has 0 aromatic rings. The van der Waals surface area contributed by atoms with Crippen LogP contribution in [0.1, 0.15) is 113 Å². The van der Waals surface area contributed by atoms with E-state index < -0.39 is 114 Å². The highest BCUT2D eigenvalue weighted by atomic mass is 16.4. The Bertz CT molecular complexity index is 1670. The van der Waals surface area contributed by atoms with Crippen LogP contribution in [0.15, 0.2) is 4.99 Å². The van der Waals surface area contributed by atoms with Crippen LogP contribution in [-0.4, -0.2) is 147 Å². The van der Waals surface area contributed by atoms with E-state index in [1.165, 1.54) is 16.7 Å². The Balaban J connectivity index is 2.36. The molecule has 22 nitrogen and oxygen atoms in total. The quantitative estimate of drug-likeness (QED) is 0.0283. The lowest BCUT2D eigenvalue weighted by Crippen LogP contribution is -2.61. The van der Waals surface area contributed by atoms with Gasteiger partial charge >= 0.3 is 11.9 Å². The maximum Gasteiger partial charge on any atom is 0.326 e. The molecule has 2 aliphatic heterocycles. The summed E-state index contributed by atoms with van der Waals surface area (Å²) in [4.78, 5) is 126. The van der Waals surface area contributed by atoms with Gasteiger partial charge in [-0.2, -0.15) is 0 Å². The minimum atomic E-state index is -1.49. The predicted octanol–water partition coefficient (Wildman–Crippen LogP) is -1.51. The largest absolute Gasteiger partial charge is 0.481 e. The van der Waals surface area contributed by atoms with Crippen molar-refractivity contribution in [2.75, 3.05) is 19.6 Å². The van der Waals surface area contributed by atoms with Gasteiger partial charge in [-0.1, -0.05) is 41.5 Å². The Kier molecular flexibility index (Phi) is 21.7. The van der Waals surface area contributed by atoms with E-state index >= 15 is 0 Å². The molecular weight excluding hydrogens is 823 g/mol. The van der Waals surface area contributed by atoms with Crippen molar-refractivity contribution in [1.29, 1.82) is 0 Å². The van der Waals surface area contributed by atoms with Crippen molar-refractivity contribution in [1.82, 2.24) is 36.4 Å². The van der Waals surface area contributed by atoms with Crippen LogP contribution in [0.2, 0.25) is 0 Å². The molecular formula is C41H71N11O11. The molecule has 2 fully saturated rings. The summed E-state index contributed by atoms with van der Waals surface area (Å²) in [5.41, 5.74) is 16.8. The van der Waals surface area contributed by atoms with Crippen molar-refractivity contribution in [3.63, 3.8) is 0 Å². The number of carboxylic acids is 2. The summed E-state index contributed by atoms with van der Waals surface area (Å²) >= 11 is 0. The summed E-state index contributed by atoms with van der Waals surface area (Å²) in [6.45, 7) is 12.6. The van der Waals surface area contributed by atoms with Gasteiger partial charge in [-0.25, -0.2) is 4.79 Å². The molecule has 0 aliphatic carbocycles. The van der Waals surface area contributed by atoms with E-state index in [4.69, 9.17) is 17.2 Å². The fourth-order valence-corrected chi connectivity index (χ4v) is 7.62. The molecule has 0 aromatic carbocycles. The average Bonchev–Trinajstić information content (AvgIpc) is 3.89. The Morgan fingerprint density at radius 3 is 1.65 bits per heavy atom. The molecule has 22 heteroatoms. The number of carbonyl (C=O) groups is 9. The van der Waals surface area contributed by atoms with E-state index in [0.29, 0.717) is 25.8 Å². The molecule has 356 valence electrons. The number of nitrogens with one attached hydrogen (secondary N) is 5. The first kappa shape index (κ1) is 53.6. The van der Waals surface area contributed by atoms with Crippen molar-refractivity contribution in [3.8, 4) is 0 Å². The molecule has 0 bridgehead atoms. The van der Waals surface area contributed by atoms with Crippen LogP contribution in [0, 0.1) is 17.8 Å². The zero-order valence-electron chi connectivity index (χ0n) is 37.7. The molecule has 2 saturated heterocycles. The standard InChI is InChI=1S/C41H71N11O11/c1-21(2)19-27(48-36(58)29-12-9-17-51(29)38(60)24(7)42)35(57)46-25(11-8-16-45-41(43)44)34(56)50-32(23(5)6)37(59)47-26(14-15-31(53)54)33(55)49-28(20-22(3)4)39(61)52-18-10-13-30(52)40(62)63/h21-30,32H,8-20,42H2,1-7H3,(H,46,57)(H,47,59)(H,48,58)(H,49,55)(H,50,56)(H,53,54)(H,62,63)(H4,43,44,45)/t24-,25-,26-,27-,28-,29-,30-,32-/m0/s1. The molecule has 63 heavy (non-hydrogen) atoms. The van der Waals surface area contributed by atoms with Crippen LogP contribution in [0.5, 0.6) is 0 Å². The number of carbonyl (C=O) groups excluding carboxylic acids is 7. The number of carboxylic acid groups (broad SMARTS) is 2. The first-order chi connectivity index (χ1) is 29.4. The highest BCUT2D eigenvalue weighted by Crippen LogP contribution is 2.22. The third-order valence-corrected chi connectivity index (χ3v) is 10.8. The third kappa shape index (κ3) is 17.3. The van der Waals surface area contributed by atoms with E-state index in [0.717, 1.165) is 0 Å². The Morgan fingerprint density at radius 1 is 0.635 bits per heavy atom. The molecule has 2 heterocycles. The van der Waals surface area contributed by atoms with Crippen LogP contribution in [0.3, 0.4) is 0 Å². The lowest BCUT2D eigenvalue weighted by atomic mass is 9.99. The second-order valence-corrected chi connectivity index (χ2v) is 17.6. The number of aliphatic imine (C=N–C) groups is 1. The number of hydrogen-bond acceptors (Lipinski definition) is 11. The van der Waals surface area contributed by atoms with Gasteiger partial charge in [-0.3, -0.25) is 43.3 Å². The number of likely N-dealkylation sites (tertiary alicyclic amines) is 2. The smallest absolute Gasteiger partial charge is 0.326 e. The molecule has 0 aromatic heterocycles. The second-order valence-electron chi connectivity index (χ2n) is 17.6. The van der Waals surface area contributed by atoms with Crippen molar-refractivity contribution in [2.24, 2.45) is 39.9 Å². The van der Waals surface area contributed by atoms with Gasteiger partial charge in [0.05, 0.1) is 6.04 Å². The number of aliphatic carboxylic acids is 2. The van der Waals surface area contributed by atoms with Crippen LogP contribution >= 0.6 is 0 Å². The summed E-state index contributed by atoms with van der Waals surface area (Å²) in [5, 5.41) is 32.4. The highest BCUT2D eigenvalue weighted by molar-refractivity contribution is 5.98. The zero-order valence-corrected chi connectivity index (χ0v) is 37.7. The Morgan fingerprint density at radius 2 is 1.13 bits per heavy atom. The van der Waals surface area contributed by atoms with Gasteiger partial charge in [0.2, 0.25) is 41.4 Å². The van der Waals surface area contributed by atoms with Crippen molar-refractivity contribution >= 4 is 59.2 Å². The van der Waals surface area contributed by atoms with Crippen molar-refractivity contribution in [2.45, 2.75) is 161 Å². The minimum absolute atomic E-state index is 0.0168. The molecule has 2 aliphatic rings. The van der Waals surface area contributed by atoms with E-state index in [-0.39, 0.29) is 69.4 Å². The maximum absolute atomic E-state index is 14.1. The molecule has 0 radical (unpaired) electrons. The van der Waals surface area contributed by atoms with Crippen LogP contribution in [0.4, 0.5) is 0 Å². The van der Waals surface area contributed by atoms with E-state index in [2.05, 4.69) is 31.6 Å². The number of nitrogens with two attached hydrogens (primary N) is 3. The first-order valence-electron chi connectivity index (χ1n) is 21.8. The third-order valence-electron chi connectivity index (χ3n) is 10.8. The average molecular weight is 894 g/mol. The van der Waals surface area contributed by atoms with Crippen molar-refractivity contribution in [3.05, 3.63) is 0 Å². The first-order valence-corrected chi connectivity index (χ1v) is 21.8. The zero-order chi connectivity index (χ0) is 47.7. The lowest BCUT2D eigenvalue weighted by molar-refractivity contribution is -0.149. The highest BCUT2D eigenvalue weighted by Gasteiger charge is 2.40. The molecule has 13 N–H and O–H groups in total. The van der Waals surface area contributed by atoms with Gasteiger partial charge in [-0.15, -0.1) is 0 Å². The van der Waals surface area contributed by atoms with Crippen molar-refractivity contribution < 1.29 is 53.4 Å². The summed E-state index contributed by atoms with van der Waals surface area (Å²) in [6, 6.07) is -9.14. The molecule has 0 saturated carbocycles. The number of guanidine groups is 1. The van der Waals surface area contributed by atoms with Crippen LogP contribution in [0.25, 0.3) is 0 Å². The van der Waals surface area contributed by atoms with E-state index in [1.807, 2.05) is 13.8 Å². The molecule has 0 unspecified atom stereocenters. The minimum Gasteiger partial charge on any atom is -0.481 e. The molecule has 0 spiro atoms. The number of rotatable bonds is 25. The number of amides is 7. The number of nitrogens with zero attached hydrogens (tertiary/aromatic N) is 3. The SMILES string of the molecule is CC(C)C[C@H](NC(=O)[C@@H]1CCCN1C(=O)[C@H](C)N)C(=O)N[C@@H](CCCN=C(N)N)C(=O)N[C@H](C(=O)N[C@@H](CCC(=O)O)C(=O)N[C@@H](CC(C)C)C(=O)N1CCC[C@H]1C(=O)O)C(C)C. The normalized spacial score (nSPS) is 19.0.